The minimum atomic E-state index is -4.02. The molecule has 35 heavy (non-hydrogen) atoms. The van der Waals surface area contributed by atoms with E-state index in [1.165, 1.54) is 19.2 Å². The molecule has 4 aromatic rings. The summed E-state index contributed by atoms with van der Waals surface area (Å²) < 4.78 is 39.2. The van der Waals surface area contributed by atoms with Gasteiger partial charge >= 0.3 is 0 Å². The van der Waals surface area contributed by atoms with Gasteiger partial charge in [-0.15, -0.1) is 0 Å². The van der Waals surface area contributed by atoms with Crippen molar-refractivity contribution in [1.82, 2.24) is 5.32 Å². The fraction of sp³-hybridized carbons (Fsp3) is 0.148. The number of carbonyl (C=O) groups excluding carboxylic acids is 1. The highest BCUT2D eigenvalue weighted by molar-refractivity contribution is 7.92. The number of hydrogen-bond donors (Lipinski definition) is 1. The number of amides is 1. The Morgan fingerprint density at radius 1 is 0.829 bits per heavy atom. The smallest absolute Gasteiger partial charge is 0.264 e. The number of carbonyl (C=O) groups is 1. The molecule has 7 nitrogen and oxygen atoms in total. The summed E-state index contributed by atoms with van der Waals surface area (Å²) >= 11 is 0. The summed E-state index contributed by atoms with van der Waals surface area (Å²) in [4.78, 5) is 12.9. The van der Waals surface area contributed by atoms with Gasteiger partial charge in [0.1, 0.15) is 24.7 Å². The minimum absolute atomic E-state index is 0.0815. The molecule has 0 atom stereocenters. The lowest BCUT2D eigenvalue weighted by Gasteiger charge is -2.25. The van der Waals surface area contributed by atoms with E-state index in [0.717, 1.165) is 20.8 Å². The molecule has 0 unspecified atom stereocenters. The number of rotatable bonds is 10. The third kappa shape index (κ3) is 5.55. The lowest BCUT2D eigenvalue weighted by Crippen LogP contribution is -2.42. The Labute approximate surface area is 205 Å². The first kappa shape index (κ1) is 24.1. The van der Waals surface area contributed by atoms with Gasteiger partial charge in [-0.1, -0.05) is 66.7 Å². The molecule has 0 aliphatic heterocycles. The first-order chi connectivity index (χ1) is 17.0. The van der Waals surface area contributed by atoms with Crippen LogP contribution >= 0.6 is 0 Å². The topological polar surface area (TPSA) is 84.9 Å². The van der Waals surface area contributed by atoms with Gasteiger partial charge in [0.05, 0.1) is 24.2 Å². The van der Waals surface area contributed by atoms with E-state index in [2.05, 4.69) is 5.32 Å². The zero-order valence-corrected chi connectivity index (χ0v) is 20.1. The molecule has 1 amide bonds. The Hall–Kier alpha value is -4.04. The molecule has 0 aliphatic rings. The number of anilines is 1. The predicted octanol–water partition coefficient (Wildman–Crippen LogP) is 4.24. The molecule has 0 aliphatic carbocycles. The highest BCUT2D eigenvalue weighted by Crippen LogP contribution is 2.32. The van der Waals surface area contributed by atoms with Gasteiger partial charge in [-0.3, -0.25) is 9.10 Å². The standard InChI is InChI=1S/C27H26N2O5S/c1-33-26-16-8-7-15-24(26)29(35(31,32)22-12-3-2-4-13-22)20-27(30)28-18-19-34-25-17-9-11-21-10-5-6-14-23(21)25/h2-17H,18-20H2,1H3,(H,28,30). The molecule has 0 spiro atoms. The van der Waals surface area contributed by atoms with Gasteiger partial charge < -0.3 is 14.8 Å². The number of methoxy groups -OCH3 is 1. The maximum Gasteiger partial charge on any atom is 0.264 e. The summed E-state index contributed by atoms with van der Waals surface area (Å²) in [7, 11) is -2.56. The first-order valence-corrected chi connectivity index (χ1v) is 12.5. The second kappa shape index (κ2) is 10.9. The number of para-hydroxylation sites is 2. The summed E-state index contributed by atoms with van der Waals surface area (Å²) in [6, 6.07) is 28.4. The van der Waals surface area contributed by atoms with E-state index in [0.29, 0.717) is 5.75 Å². The molecule has 0 bridgehead atoms. The SMILES string of the molecule is COc1ccccc1N(CC(=O)NCCOc1cccc2ccccc12)S(=O)(=O)c1ccccc1. The molecular formula is C27H26N2O5S. The van der Waals surface area contributed by atoms with Crippen molar-refractivity contribution in [2.24, 2.45) is 0 Å². The van der Waals surface area contributed by atoms with Crippen LogP contribution < -0.4 is 19.1 Å². The van der Waals surface area contributed by atoms with Gasteiger partial charge in [-0.05, 0) is 35.7 Å². The number of nitrogens with zero attached hydrogens (tertiary/aromatic N) is 1. The van der Waals surface area contributed by atoms with Crippen molar-refractivity contribution in [1.29, 1.82) is 0 Å². The molecule has 0 saturated heterocycles. The second-order valence-electron chi connectivity index (χ2n) is 7.67. The van der Waals surface area contributed by atoms with Crippen LogP contribution in [0, 0.1) is 0 Å². The van der Waals surface area contributed by atoms with Crippen molar-refractivity contribution in [3.63, 3.8) is 0 Å². The van der Waals surface area contributed by atoms with Crippen molar-refractivity contribution in [2.45, 2.75) is 4.90 Å². The van der Waals surface area contributed by atoms with E-state index in [1.54, 1.807) is 42.5 Å². The number of fused-ring (bicyclic) bond motifs is 1. The van der Waals surface area contributed by atoms with Crippen LogP contribution in [0.5, 0.6) is 11.5 Å². The van der Waals surface area contributed by atoms with Crippen LogP contribution in [-0.4, -0.2) is 41.1 Å². The van der Waals surface area contributed by atoms with Gasteiger partial charge in [0, 0.05) is 5.39 Å². The average molecular weight is 491 g/mol. The fourth-order valence-corrected chi connectivity index (χ4v) is 5.17. The number of benzene rings is 4. The lowest BCUT2D eigenvalue weighted by atomic mass is 10.1. The van der Waals surface area contributed by atoms with Crippen LogP contribution in [-0.2, 0) is 14.8 Å². The zero-order chi connectivity index (χ0) is 24.7. The summed E-state index contributed by atoms with van der Waals surface area (Å²) in [5, 5.41) is 4.80. The molecule has 180 valence electrons. The molecule has 0 aromatic heterocycles. The van der Waals surface area contributed by atoms with Crippen molar-refractivity contribution >= 4 is 32.4 Å². The van der Waals surface area contributed by atoms with Gasteiger partial charge in [0.2, 0.25) is 5.91 Å². The van der Waals surface area contributed by atoms with Gasteiger partial charge in [-0.25, -0.2) is 8.42 Å². The Kier molecular flexibility index (Phi) is 7.52. The van der Waals surface area contributed by atoms with E-state index in [1.807, 2.05) is 42.5 Å². The Bertz CT molecular complexity index is 1400. The van der Waals surface area contributed by atoms with Crippen LogP contribution in [0.15, 0.2) is 102 Å². The van der Waals surface area contributed by atoms with Gasteiger partial charge in [0.25, 0.3) is 10.0 Å². The van der Waals surface area contributed by atoms with Crippen LogP contribution in [0.1, 0.15) is 0 Å². The summed E-state index contributed by atoms with van der Waals surface area (Å²) in [5.74, 6) is 0.607. The van der Waals surface area contributed by atoms with Crippen LogP contribution in [0.3, 0.4) is 0 Å². The predicted molar refractivity (Wildman–Crippen MR) is 136 cm³/mol. The second-order valence-corrected chi connectivity index (χ2v) is 9.53. The molecule has 0 fully saturated rings. The summed E-state index contributed by atoms with van der Waals surface area (Å²) in [6.45, 7) is 0.0406. The third-order valence-electron chi connectivity index (χ3n) is 5.40. The minimum Gasteiger partial charge on any atom is -0.495 e. The number of hydrogen-bond acceptors (Lipinski definition) is 5. The first-order valence-electron chi connectivity index (χ1n) is 11.1. The Balaban J connectivity index is 1.46. The van der Waals surface area contributed by atoms with Crippen molar-refractivity contribution < 1.29 is 22.7 Å². The molecule has 0 saturated carbocycles. The van der Waals surface area contributed by atoms with Crippen LogP contribution in [0.4, 0.5) is 5.69 Å². The third-order valence-corrected chi connectivity index (χ3v) is 7.18. The number of nitrogens with one attached hydrogen (secondary N) is 1. The summed E-state index contributed by atoms with van der Waals surface area (Å²) in [6.07, 6.45) is 0. The maximum absolute atomic E-state index is 13.4. The van der Waals surface area contributed by atoms with E-state index >= 15 is 0 Å². The zero-order valence-electron chi connectivity index (χ0n) is 19.3. The fourth-order valence-electron chi connectivity index (χ4n) is 3.71. The van der Waals surface area contributed by atoms with Crippen LogP contribution in [0.25, 0.3) is 10.8 Å². The molecule has 0 heterocycles. The van der Waals surface area contributed by atoms with E-state index in [4.69, 9.17) is 9.47 Å². The number of sulfonamides is 1. The number of ether oxygens (including phenoxy) is 2. The van der Waals surface area contributed by atoms with Crippen LogP contribution in [0.2, 0.25) is 0 Å². The van der Waals surface area contributed by atoms with E-state index in [-0.39, 0.29) is 23.7 Å². The largest absolute Gasteiger partial charge is 0.495 e. The Morgan fingerprint density at radius 2 is 1.49 bits per heavy atom. The quantitative estimate of drug-likeness (QED) is 0.336. The monoisotopic (exact) mass is 490 g/mol. The molecule has 8 heteroatoms. The highest BCUT2D eigenvalue weighted by atomic mass is 32.2. The maximum atomic E-state index is 13.4. The molecule has 4 rings (SSSR count). The highest BCUT2D eigenvalue weighted by Gasteiger charge is 2.29. The van der Waals surface area contributed by atoms with Crippen molar-refractivity contribution in [2.75, 3.05) is 31.1 Å². The molecular weight excluding hydrogens is 464 g/mol. The molecule has 4 aromatic carbocycles. The lowest BCUT2D eigenvalue weighted by molar-refractivity contribution is -0.119. The normalized spacial score (nSPS) is 11.1. The van der Waals surface area contributed by atoms with Gasteiger partial charge in [-0.2, -0.15) is 0 Å². The average Bonchev–Trinajstić information content (AvgIpc) is 2.90. The molecule has 1 N–H and O–H groups in total. The molecule has 0 radical (unpaired) electrons. The van der Waals surface area contributed by atoms with E-state index in [9.17, 15) is 13.2 Å². The Morgan fingerprint density at radius 3 is 2.29 bits per heavy atom. The van der Waals surface area contributed by atoms with Gasteiger partial charge in [0.15, 0.2) is 0 Å². The van der Waals surface area contributed by atoms with E-state index < -0.39 is 22.5 Å². The summed E-state index contributed by atoms with van der Waals surface area (Å²) in [5.41, 5.74) is 0.279. The van der Waals surface area contributed by atoms with Crippen molar-refractivity contribution in [3.05, 3.63) is 97.1 Å². The van der Waals surface area contributed by atoms with Crippen molar-refractivity contribution in [3.8, 4) is 11.5 Å².